The topological polar surface area (TPSA) is 92.5 Å². The summed E-state index contributed by atoms with van der Waals surface area (Å²) >= 11 is 0. The molecule has 0 atom stereocenters. The van der Waals surface area contributed by atoms with Crippen molar-refractivity contribution in [3.8, 4) is 11.5 Å². The fourth-order valence-corrected chi connectivity index (χ4v) is 4.20. The van der Waals surface area contributed by atoms with Crippen LogP contribution in [0.3, 0.4) is 0 Å². The lowest BCUT2D eigenvalue weighted by Gasteiger charge is -2.12. The van der Waals surface area contributed by atoms with E-state index in [-0.39, 0.29) is 22.4 Å². The summed E-state index contributed by atoms with van der Waals surface area (Å²) in [6.45, 7) is 1.89. The Hall–Kier alpha value is -4.33. The Labute approximate surface area is 195 Å². The largest absolute Gasteiger partial charge is 0.493 e. The monoisotopic (exact) mass is 461 g/mol. The fourth-order valence-electron chi connectivity index (χ4n) is 4.20. The summed E-state index contributed by atoms with van der Waals surface area (Å²) in [7, 11) is 5.37. The first-order valence-corrected chi connectivity index (χ1v) is 10.4. The lowest BCUT2D eigenvalue weighted by atomic mass is 10.0. The van der Waals surface area contributed by atoms with Gasteiger partial charge in [-0.15, -0.1) is 0 Å². The molecule has 0 amide bonds. The maximum atomic E-state index is 13.9. The molecule has 8 nitrogen and oxygen atoms in total. The highest BCUT2D eigenvalue weighted by Crippen LogP contribution is 2.34. The number of para-hydroxylation sites is 1. The average molecular weight is 461 g/mol. The van der Waals surface area contributed by atoms with Crippen molar-refractivity contribution in [3.63, 3.8) is 0 Å². The van der Waals surface area contributed by atoms with Crippen LogP contribution in [0.2, 0.25) is 0 Å². The summed E-state index contributed by atoms with van der Waals surface area (Å²) in [6.07, 6.45) is 0. The molecule has 0 aliphatic heterocycles. The van der Waals surface area contributed by atoms with Crippen molar-refractivity contribution in [2.24, 2.45) is 0 Å². The number of rotatable bonds is 6. The highest BCUT2D eigenvalue weighted by Gasteiger charge is 2.34. The zero-order valence-corrected chi connectivity index (χ0v) is 19.4. The molecular formula is C26H23NO7. The van der Waals surface area contributed by atoms with E-state index >= 15 is 0 Å². The Balaban J connectivity index is 2.17. The molecule has 2 heterocycles. The Morgan fingerprint density at radius 2 is 1.38 bits per heavy atom. The van der Waals surface area contributed by atoms with Gasteiger partial charge >= 0.3 is 11.9 Å². The smallest absolute Gasteiger partial charge is 0.341 e. The fraction of sp³-hybridized carbons (Fsp3) is 0.192. The van der Waals surface area contributed by atoms with E-state index in [1.54, 1.807) is 22.6 Å². The third-order valence-corrected chi connectivity index (χ3v) is 5.77. The summed E-state index contributed by atoms with van der Waals surface area (Å²) in [5.74, 6) is -1.28. The molecule has 4 rings (SSSR count). The number of benzene rings is 2. The van der Waals surface area contributed by atoms with Gasteiger partial charge in [0.05, 0.1) is 39.5 Å². The predicted octanol–water partition coefficient (Wildman–Crippen LogP) is 4.22. The minimum Gasteiger partial charge on any atom is -0.493 e. The van der Waals surface area contributed by atoms with Gasteiger partial charge in [-0.3, -0.25) is 4.79 Å². The number of hydrogen-bond donors (Lipinski definition) is 0. The van der Waals surface area contributed by atoms with E-state index in [4.69, 9.17) is 18.9 Å². The normalized spacial score (nSPS) is 10.9. The van der Waals surface area contributed by atoms with Gasteiger partial charge < -0.3 is 23.3 Å². The summed E-state index contributed by atoms with van der Waals surface area (Å²) < 4.78 is 22.2. The highest BCUT2D eigenvalue weighted by molar-refractivity contribution is 6.21. The number of methoxy groups -OCH3 is 4. The molecule has 0 unspecified atom stereocenters. The van der Waals surface area contributed by atoms with Gasteiger partial charge in [0.25, 0.3) is 0 Å². The molecule has 4 aromatic rings. The molecule has 0 aliphatic rings. The second-order valence-corrected chi connectivity index (χ2v) is 7.55. The van der Waals surface area contributed by atoms with E-state index in [0.29, 0.717) is 22.5 Å². The molecule has 0 fully saturated rings. The molecule has 0 saturated carbocycles. The number of esters is 2. The van der Waals surface area contributed by atoms with Gasteiger partial charge in [-0.25, -0.2) is 9.59 Å². The zero-order chi connectivity index (χ0) is 24.6. The molecule has 0 radical (unpaired) electrons. The van der Waals surface area contributed by atoms with Crippen LogP contribution in [0.4, 0.5) is 0 Å². The van der Waals surface area contributed by atoms with Crippen LogP contribution in [-0.2, 0) is 9.47 Å². The highest BCUT2D eigenvalue weighted by atomic mass is 16.5. The third kappa shape index (κ3) is 3.44. The first-order chi connectivity index (χ1) is 16.4. The number of ether oxygens (including phenoxy) is 4. The van der Waals surface area contributed by atoms with Crippen LogP contribution in [0.5, 0.6) is 11.5 Å². The number of nitrogens with zero attached hydrogens (tertiary/aromatic N) is 1. The van der Waals surface area contributed by atoms with E-state index in [1.807, 2.05) is 31.2 Å². The van der Waals surface area contributed by atoms with Gasteiger partial charge in [-0.05, 0) is 42.8 Å². The van der Waals surface area contributed by atoms with E-state index in [0.717, 1.165) is 10.9 Å². The van der Waals surface area contributed by atoms with Crippen molar-refractivity contribution in [3.05, 3.63) is 76.5 Å². The number of fused-ring (bicyclic) bond motifs is 3. The van der Waals surface area contributed by atoms with Crippen molar-refractivity contribution in [2.75, 3.05) is 28.4 Å². The first-order valence-electron chi connectivity index (χ1n) is 10.4. The maximum absolute atomic E-state index is 13.9. The molecule has 2 aromatic heterocycles. The van der Waals surface area contributed by atoms with E-state index < -0.39 is 17.7 Å². The number of carbonyl (C=O) groups excluding carboxylic acids is 3. The molecular weight excluding hydrogens is 438 g/mol. The first kappa shape index (κ1) is 22.8. The number of hydrogen-bond acceptors (Lipinski definition) is 7. The SMILES string of the molecule is COC(=O)c1c(C(=O)OC)c2cc(C)c3ccccc3n2c1C(=O)c1ccc(OC)c(OC)c1. The molecule has 0 spiro atoms. The van der Waals surface area contributed by atoms with E-state index in [9.17, 15) is 14.4 Å². The number of pyridine rings is 1. The average Bonchev–Trinajstić information content (AvgIpc) is 3.21. The van der Waals surface area contributed by atoms with Crippen molar-refractivity contribution in [1.82, 2.24) is 4.40 Å². The minimum atomic E-state index is -0.824. The van der Waals surface area contributed by atoms with Crippen LogP contribution >= 0.6 is 0 Å². The van der Waals surface area contributed by atoms with Gasteiger partial charge in [0.15, 0.2) is 11.5 Å². The van der Waals surface area contributed by atoms with Gasteiger partial charge in [0.2, 0.25) is 5.78 Å². The van der Waals surface area contributed by atoms with Crippen LogP contribution < -0.4 is 9.47 Å². The molecule has 0 N–H and O–H groups in total. The Morgan fingerprint density at radius 3 is 2.03 bits per heavy atom. The van der Waals surface area contributed by atoms with Crippen LogP contribution in [0.25, 0.3) is 16.4 Å². The standard InChI is InChI=1S/C26H23NO7/c1-14-12-18-21(25(29)33-4)22(26(30)34-5)23(27(18)17-9-7-6-8-16(14)17)24(28)15-10-11-19(31-2)20(13-15)32-3/h6-13H,1-5H3. The van der Waals surface area contributed by atoms with Gasteiger partial charge in [-0.2, -0.15) is 0 Å². The summed E-state index contributed by atoms with van der Waals surface area (Å²) in [5, 5.41) is 0.860. The van der Waals surface area contributed by atoms with Crippen LogP contribution in [0, 0.1) is 6.92 Å². The molecule has 34 heavy (non-hydrogen) atoms. The number of ketones is 1. The van der Waals surface area contributed by atoms with Crippen molar-refractivity contribution in [2.45, 2.75) is 6.92 Å². The molecule has 2 aromatic carbocycles. The molecule has 8 heteroatoms. The molecule has 174 valence electrons. The zero-order valence-electron chi connectivity index (χ0n) is 19.4. The van der Waals surface area contributed by atoms with Crippen LogP contribution in [0.15, 0.2) is 48.5 Å². The summed E-state index contributed by atoms with van der Waals surface area (Å²) in [4.78, 5) is 39.8. The minimum absolute atomic E-state index is 0.00864. The Morgan fingerprint density at radius 1 is 0.735 bits per heavy atom. The second-order valence-electron chi connectivity index (χ2n) is 7.55. The molecule has 0 aliphatic carbocycles. The van der Waals surface area contributed by atoms with Crippen LogP contribution in [-0.4, -0.2) is 50.6 Å². The number of carbonyl (C=O) groups is 3. The van der Waals surface area contributed by atoms with E-state index in [2.05, 4.69) is 0 Å². The van der Waals surface area contributed by atoms with E-state index in [1.165, 1.54) is 34.5 Å². The lowest BCUT2D eigenvalue weighted by molar-refractivity contribution is 0.0556. The summed E-state index contributed by atoms with van der Waals surface area (Å²) in [5.41, 5.74) is 1.92. The molecule has 0 saturated heterocycles. The summed E-state index contributed by atoms with van der Waals surface area (Å²) in [6, 6.07) is 13.9. The maximum Gasteiger partial charge on any atom is 0.341 e. The van der Waals surface area contributed by atoms with Crippen LogP contribution in [0.1, 0.15) is 42.3 Å². The van der Waals surface area contributed by atoms with Crippen molar-refractivity contribution in [1.29, 1.82) is 0 Å². The number of aromatic nitrogens is 1. The Kier molecular flexibility index (Phi) is 5.98. The van der Waals surface area contributed by atoms with Gasteiger partial charge in [0, 0.05) is 10.9 Å². The Bertz CT molecular complexity index is 1470. The van der Waals surface area contributed by atoms with Gasteiger partial charge in [0.1, 0.15) is 16.8 Å². The lowest BCUT2D eigenvalue weighted by Crippen LogP contribution is -2.15. The number of aryl methyl sites for hydroxylation is 1. The third-order valence-electron chi connectivity index (χ3n) is 5.77. The van der Waals surface area contributed by atoms with Gasteiger partial charge in [-0.1, -0.05) is 18.2 Å². The van der Waals surface area contributed by atoms with Crippen molar-refractivity contribution >= 4 is 34.1 Å². The quantitative estimate of drug-likeness (QED) is 0.313. The van der Waals surface area contributed by atoms with Crippen molar-refractivity contribution < 1.29 is 33.3 Å². The second kappa shape index (κ2) is 8.90. The molecule has 0 bridgehead atoms. The predicted molar refractivity (Wildman–Crippen MR) is 125 cm³/mol.